The molecule has 0 bridgehead atoms. The number of anilines is 1. The predicted molar refractivity (Wildman–Crippen MR) is 84.0 cm³/mol. The molecule has 0 fully saturated rings. The highest BCUT2D eigenvalue weighted by Crippen LogP contribution is 2.18. The van der Waals surface area contributed by atoms with Crippen LogP contribution in [0.15, 0.2) is 42.5 Å². The molecule has 1 heterocycles. The third-order valence-electron chi connectivity index (χ3n) is 3.44. The van der Waals surface area contributed by atoms with Crippen LogP contribution in [0.5, 0.6) is 0 Å². The molecule has 3 nitrogen and oxygen atoms in total. The fourth-order valence-electron chi connectivity index (χ4n) is 2.58. The zero-order valence-electron chi connectivity index (χ0n) is 12.2. The second-order valence-electron chi connectivity index (χ2n) is 5.43. The summed E-state index contributed by atoms with van der Waals surface area (Å²) >= 11 is 0. The lowest BCUT2D eigenvalue weighted by molar-refractivity contribution is 0.624. The molecule has 0 aliphatic rings. The average Bonchev–Trinajstić information content (AvgIpc) is 2.78. The minimum atomic E-state index is -0.186. The van der Waals surface area contributed by atoms with E-state index in [9.17, 15) is 4.39 Å². The molecule has 0 saturated carbocycles. The van der Waals surface area contributed by atoms with Crippen molar-refractivity contribution in [2.24, 2.45) is 0 Å². The first-order valence-electron chi connectivity index (χ1n) is 7.07. The van der Waals surface area contributed by atoms with E-state index < -0.39 is 0 Å². The van der Waals surface area contributed by atoms with Gasteiger partial charge in [0.25, 0.3) is 0 Å². The second-order valence-corrected chi connectivity index (χ2v) is 5.43. The van der Waals surface area contributed by atoms with Crippen LogP contribution in [0.2, 0.25) is 0 Å². The topological polar surface area (TPSA) is 40.7 Å². The van der Waals surface area contributed by atoms with Crippen molar-refractivity contribution in [3.05, 3.63) is 59.7 Å². The summed E-state index contributed by atoms with van der Waals surface area (Å²) in [4.78, 5) is 7.61. The highest BCUT2D eigenvalue weighted by molar-refractivity contribution is 5.79. The molecule has 3 aromatic rings. The SMILES string of the molecule is Cc1nc2ccc(NC(C)Cc3cccc(F)c3)cc2[nH]1. The number of halogens is 1. The third-order valence-corrected chi connectivity index (χ3v) is 3.44. The van der Waals surface area contributed by atoms with Gasteiger partial charge in [0.05, 0.1) is 11.0 Å². The van der Waals surface area contributed by atoms with Crippen molar-refractivity contribution >= 4 is 16.7 Å². The number of hydrogen-bond acceptors (Lipinski definition) is 2. The lowest BCUT2D eigenvalue weighted by atomic mass is 10.1. The lowest BCUT2D eigenvalue weighted by Gasteiger charge is -2.15. The third kappa shape index (κ3) is 3.21. The second kappa shape index (κ2) is 5.56. The van der Waals surface area contributed by atoms with Crippen molar-refractivity contribution in [2.45, 2.75) is 26.3 Å². The summed E-state index contributed by atoms with van der Waals surface area (Å²) in [5, 5.41) is 3.44. The van der Waals surface area contributed by atoms with Gasteiger partial charge < -0.3 is 10.3 Å². The Labute approximate surface area is 123 Å². The summed E-state index contributed by atoms with van der Waals surface area (Å²) in [5.41, 5.74) is 4.02. The molecule has 0 amide bonds. The van der Waals surface area contributed by atoms with E-state index >= 15 is 0 Å². The van der Waals surface area contributed by atoms with Crippen LogP contribution in [0.1, 0.15) is 18.3 Å². The predicted octanol–water partition coefficient (Wildman–Crippen LogP) is 4.05. The Morgan fingerprint density at radius 1 is 1.24 bits per heavy atom. The van der Waals surface area contributed by atoms with E-state index in [1.54, 1.807) is 12.1 Å². The molecule has 0 aliphatic carbocycles. The molecule has 108 valence electrons. The van der Waals surface area contributed by atoms with Crippen LogP contribution in [-0.2, 0) is 6.42 Å². The van der Waals surface area contributed by atoms with Crippen LogP contribution in [-0.4, -0.2) is 16.0 Å². The van der Waals surface area contributed by atoms with Gasteiger partial charge in [0.2, 0.25) is 0 Å². The minimum Gasteiger partial charge on any atom is -0.382 e. The van der Waals surface area contributed by atoms with Crippen LogP contribution in [0.4, 0.5) is 10.1 Å². The van der Waals surface area contributed by atoms with Gasteiger partial charge in [0, 0.05) is 11.7 Å². The van der Waals surface area contributed by atoms with E-state index in [0.29, 0.717) is 0 Å². The molecule has 1 aromatic heterocycles. The van der Waals surface area contributed by atoms with E-state index in [2.05, 4.69) is 28.3 Å². The van der Waals surface area contributed by atoms with Gasteiger partial charge in [-0.25, -0.2) is 9.37 Å². The fourth-order valence-corrected chi connectivity index (χ4v) is 2.58. The van der Waals surface area contributed by atoms with Gasteiger partial charge >= 0.3 is 0 Å². The standard InChI is InChI=1S/C17H18FN3/c1-11(8-13-4-3-5-14(18)9-13)19-15-6-7-16-17(10-15)21-12(2)20-16/h3-7,9-11,19H,8H2,1-2H3,(H,20,21). The van der Waals surface area contributed by atoms with Crippen molar-refractivity contribution < 1.29 is 4.39 Å². The normalized spacial score (nSPS) is 12.5. The Morgan fingerprint density at radius 2 is 2.10 bits per heavy atom. The Kier molecular flexibility index (Phi) is 3.60. The zero-order valence-corrected chi connectivity index (χ0v) is 12.2. The summed E-state index contributed by atoms with van der Waals surface area (Å²) in [6.07, 6.45) is 0.776. The van der Waals surface area contributed by atoms with Gasteiger partial charge in [-0.3, -0.25) is 0 Å². The fraction of sp³-hybridized carbons (Fsp3) is 0.235. The summed E-state index contributed by atoms with van der Waals surface area (Å²) in [6.45, 7) is 4.03. The maximum atomic E-state index is 13.2. The number of aromatic nitrogens is 2. The van der Waals surface area contributed by atoms with E-state index in [4.69, 9.17) is 0 Å². The quantitative estimate of drug-likeness (QED) is 0.758. The molecule has 0 aliphatic heterocycles. The van der Waals surface area contributed by atoms with Crippen molar-refractivity contribution in [3.63, 3.8) is 0 Å². The molecular formula is C17H18FN3. The Balaban J connectivity index is 1.72. The van der Waals surface area contributed by atoms with Crippen LogP contribution in [0.25, 0.3) is 11.0 Å². The number of H-pyrrole nitrogens is 1. The first-order valence-corrected chi connectivity index (χ1v) is 7.07. The molecule has 21 heavy (non-hydrogen) atoms. The van der Waals surface area contributed by atoms with Crippen molar-refractivity contribution in [2.75, 3.05) is 5.32 Å². The molecule has 1 atom stereocenters. The minimum absolute atomic E-state index is 0.186. The Hall–Kier alpha value is -2.36. The summed E-state index contributed by atoms with van der Waals surface area (Å²) in [5.74, 6) is 0.726. The van der Waals surface area contributed by atoms with Crippen LogP contribution >= 0.6 is 0 Å². The maximum absolute atomic E-state index is 13.2. The molecule has 1 unspecified atom stereocenters. The highest BCUT2D eigenvalue weighted by atomic mass is 19.1. The number of rotatable bonds is 4. The number of benzene rings is 2. The van der Waals surface area contributed by atoms with Gasteiger partial charge in [-0.2, -0.15) is 0 Å². The number of imidazole rings is 1. The number of aromatic amines is 1. The smallest absolute Gasteiger partial charge is 0.123 e. The Bertz CT molecular complexity index is 764. The number of hydrogen-bond donors (Lipinski definition) is 2. The molecule has 3 rings (SSSR count). The lowest BCUT2D eigenvalue weighted by Crippen LogP contribution is -2.18. The van der Waals surface area contributed by atoms with Crippen molar-refractivity contribution in [1.82, 2.24) is 9.97 Å². The van der Waals surface area contributed by atoms with Crippen molar-refractivity contribution in [1.29, 1.82) is 0 Å². The first-order chi connectivity index (χ1) is 10.1. The highest BCUT2D eigenvalue weighted by Gasteiger charge is 2.06. The van der Waals surface area contributed by atoms with Crippen LogP contribution in [0.3, 0.4) is 0 Å². The summed E-state index contributed by atoms with van der Waals surface area (Å²) < 4.78 is 13.2. The molecule has 4 heteroatoms. The first kappa shape index (κ1) is 13.6. The van der Waals surface area contributed by atoms with Gasteiger partial charge in [0.1, 0.15) is 11.6 Å². The van der Waals surface area contributed by atoms with E-state index in [0.717, 1.165) is 34.5 Å². The molecule has 0 spiro atoms. The van der Waals surface area contributed by atoms with Crippen molar-refractivity contribution in [3.8, 4) is 0 Å². The van der Waals surface area contributed by atoms with Gasteiger partial charge in [-0.1, -0.05) is 12.1 Å². The zero-order chi connectivity index (χ0) is 14.8. The van der Waals surface area contributed by atoms with E-state index in [1.165, 1.54) is 6.07 Å². The molecule has 2 N–H and O–H groups in total. The number of nitrogens with one attached hydrogen (secondary N) is 2. The molecule has 0 radical (unpaired) electrons. The van der Waals surface area contributed by atoms with E-state index in [1.807, 2.05) is 25.1 Å². The van der Waals surface area contributed by atoms with Gasteiger partial charge in [-0.05, 0) is 56.2 Å². The molecular weight excluding hydrogens is 265 g/mol. The average molecular weight is 283 g/mol. The summed E-state index contributed by atoms with van der Waals surface area (Å²) in [6, 6.07) is 13.0. The molecule has 0 saturated heterocycles. The number of aryl methyl sites for hydroxylation is 1. The maximum Gasteiger partial charge on any atom is 0.123 e. The van der Waals surface area contributed by atoms with Crippen LogP contribution < -0.4 is 5.32 Å². The van der Waals surface area contributed by atoms with E-state index in [-0.39, 0.29) is 11.9 Å². The molecule has 2 aromatic carbocycles. The number of fused-ring (bicyclic) bond motifs is 1. The van der Waals surface area contributed by atoms with Gasteiger partial charge in [0.15, 0.2) is 0 Å². The number of nitrogens with zero attached hydrogens (tertiary/aromatic N) is 1. The Morgan fingerprint density at radius 3 is 2.90 bits per heavy atom. The van der Waals surface area contributed by atoms with Gasteiger partial charge in [-0.15, -0.1) is 0 Å². The van der Waals surface area contributed by atoms with Crippen LogP contribution in [0, 0.1) is 12.7 Å². The monoisotopic (exact) mass is 283 g/mol. The summed E-state index contributed by atoms with van der Waals surface area (Å²) in [7, 11) is 0. The largest absolute Gasteiger partial charge is 0.382 e.